The summed E-state index contributed by atoms with van der Waals surface area (Å²) in [6.45, 7) is 2.22. The van der Waals surface area contributed by atoms with Gasteiger partial charge in [0.2, 0.25) is 0 Å². The molecule has 2 N–H and O–H groups in total. The number of benzene rings is 1. The van der Waals surface area contributed by atoms with Crippen LogP contribution in [0.1, 0.15) is 18.9 Å². The van der Waals surface area contributed by atoms with Crippen LogP contribution in [0.15, 0.2) is 30.3 Å². The predicted molar refractivity (Wildman–Crippen MR) is 58.4 cm³/mol. The summed E-state index contributed by atoms with van der Waals surface area (Å²) < 4.78 is 5.53. The molecule has 3 heteroatoms. The molecule has 1 aromatic rings. The van der Waals surface area contributed by atoms with Gasteiger partial charge >= 0.3 is 0 Å². The topological polar surface area (TPSA) is 49.7 Å². The molecule has 0 bridgehead atoms. The fraction of sp³-hybridized carbons (Fsp3) is 0.500. The van der Waals surface area contributed by atoms with Crippen LogP contribution in [0.2, 0.25) is 0 Å². The van der Waals surface area contributed by atoms with Crippen LogP contribution in [0.3, 0.4) is 0 Å². The molecule has 0 amide bonds. The van der Waals surface area contributed by atoms with E-state index < -0.39 is 6.10 Å². The van der Waals surface area contributed by atoms with Gasteiger partial charge in [-0.05, 0) is 12.5 Å². The van der Waals surface area contributed by atoms with E-state index in [2.05, 4.69) is 0 Å². The lowest BCUT2D eigenvalue weighted by molar-refractivity contribution is -0.00107. The summed E-state index contributed by atoms with van der Waals surface area (Å²) in [7, 11) is 0. The van der Waals surface area contributed by atoms with Gasteiger partial charge in [0.15, 0.2) is 0 Å². The van der Waals surface area contributed by atoms with Gasteiger partial charge in [-0.2, -0.15) is 0 Å². The van der Waals surface area contributed by atoms with Crippen molar-refractivity contribution in [1.29, 1.82) is 0 Å². The molecule has 0 fully saturated rings. The molecule has 0 aliphatic rings. The fourth-order valence-electron chi connectivity index (χ4n) is 1.34. The quantitative estimate of drug-likeness (QED) is 0.745. The minimum Gasteiger partial charge on any atom is -0.394 e. The molecule has 0 saturated carbocycles. The van der Waals surface area contributed by atoms with Crippen molar-refractivity contribution in [1.82, 2.24) is 0 Å². The zero-order chi connectivity index (χ0) is 11.1. The van der Waals surface area contributed by atoms with Crippen molar-refractivity contribution in [2.75, 3.05) is 6.61 Å². The van der Waals surface area contributed by atoms with Crippen molar-refractivity contribution in [2.24, 2.45) is 0 Å². The van der Waals surface area contributed by atoms with Gasteiger partial charge in [0.1, 0.15) is 0 Å². The van der Waals surface area contributed by atoms with Crippen molar-refractivity contribution in [3.8, 4) is 0 Å². The minimum atomic E-state index is -0.684. The number of aliphatic hydroxyl groups is 2. The number of hydrogen-bond donors (Lipinski definition) is 2. The zero-order valence-corrected chi connectivity index (χ0v) is 8.97. The monoisotopic (exact) mass is 210 g/mol. The normalized spacial score (nSPS) is 14.9. The first-order valence-corrected chi connectivity index (χ1v) is 5.17. The number of rotatable bonds is 6. The summed E-state index contributed by atoms with van der Waals surface area (Å²) in [5, 5.41) is 17.9. The van der Waals surface area contributed by atoms with Gasteiger partial charge in [0.05, 0.1) is 25.4 Å². The molecule has 0 aliphatic heterocycles. The molecular formula is C12H18O3. The molecule has 84 valence electrons. The van der Waals surface area contributed by atoms with Crippen LogP contribution >= 0.6 is 0 Å². The van der Waals surface area contributed by atoms with Crippen molar-refractivity contribution in [3.05, 3.63) is 35.9 Å². The summed E-state index contributed by atoms with van der Waals surface area (Å²) in [6.07, 6.45) is -0.272. The lowest BCUT2D eigenvalue weighted by Gasteiger charge is -2.15. The Morgan fingerprint density at radius 1 is 1.27 bits per heavy atom. The Kier molecular flexibility index (Phi) is 5.32. The molecule has 1 rings (SSSR count). The standard InChI is InChI=1S/C12H18O3/c1-10(7-12(14)8-13)15-9-11-5-3-2-4-6-11/h2-6,10,12-14H,7-9H2,1H3. The third-order valence-corrected chi connectivity index (χ3v) is 2.19. The zero-order valence-electron chi connectivity index (χ0n) is 8.97. The Balaban J connectivity index is 2.25. The first-order valence-electron chi connectivity index (χ1n) is 5.17. The molecule has 2 unspecified atom stereocenters. The maximum atomic E-state index is 9.20. The average Bonchev–Trinajstić information content (AvgIpc) is 2.27. The molecule has 0 spiro atoms. The number of ether oxygens (including phenoxy) is 1. The second kappa shape index (κ2) is 6.56. The fourth-order valence-corrected chi connectivity index (χ4v) is 1.34. The van der Waals surface area contributed by atoms with E-state index in [1.165, 1.54) is 0 Å². The summed E-state index contributed by atoms with van der Waals surface area (Å²) in [5.74, 6) is 0. The van der Waals surface area contributed by atoms with E-state index in [0.29, 0.717) is 13.0 Å². The number of hydrogen-bond acceptors (Lipinski definition) is 3. The summed E-state index contributed by atoms with van der Waals surface area (Å²) in [5.41, 5.74) is 1.11. The highest BCUT2D eigenvalue weighted by Gasteiger charge is 2.09. The van der Waals surface area contributed by atoms with E-state index in [1.54, 1.807) is 0 Å². The molecular weight excluding hydrogens is 192 g/mol. The molecule has 2 atom stereocenters. The highest BCUT2D eigenvalue weighted by Crippen LogP contribution is 2.07. The lowest BCUT2D eigenvalue weighted by atomic mass is 10.2. The summed E-state index contributed by atoms with van der Waals surface area (Å²) in [4.78, 5) is 0. The first-order chi connectivity index (χ1) is 7.22. The van der Waals surface area contributed by atoms with Gasteiger partial charge in [-0.25, -0.2) is 0 Å². The third kappa shape index (κ3) is 4.93. The minimum absolute atomic E-state index is 0.0487. The second-order valence-electron chi connectivity index (χ2n) is 3.68. The molecule has 1 aromatic carbocycles. The van der Waals surface area contributed by atoms with Crippen LogP contribution in [0.5, 0.6) is 0 Å². The highest BCUT2D eigenvalue weighted by molar-refractivity contribution is 5.13. The largest absolute Gasteiger partial charge is 0.394 e. The van der Waals surface area contributed by atoms with Gasteiger partial charge in [-0.3, -0.25) is 0 Å². The van der Waals surface area contributed by atoms with Crippen molar-refractivity contribution in [3.63, 3.8) is 0 Å². The van der Waals surface area contributed by atoms with Crippen molar-refractivity contribution in [2.45, 2.75) is 32.2 Å². The van der Waals surface area contributed by atoms with Crippen molar-refractivity contribution < 1.29 is 14.9 Å². The van der Waals surface area contributed by atoms with Crippen LogP contribution < -0.4 is 0 Å². The van der Waals surface area contributed by atoms with Crippen LogP contribution in [-0.4, -0.2) is 29.0 Å². The second-order valence-corrected chi connectivity index (χ2v) is 3.68. The van der Waals surface area contributed by atoms with Gasteiger partial charge in [-0.15, -0.1) is 0 Å². The molecule has 0 aliphatic carbocycles. The maximum Gasteiger partial charge on any atom is 0.0795 e. The van der Waals surface area contributed by atoms with Crippen molar-refractivity contribution >= 4 is 0 Å². The Labute approximate surface area is 90.3 Å². The predicted octanol–water partition coefficient (Wildman–Crippen LogP) is 1.33. The molecule has 0 radical (unpaired) electrons. The molecule has 0 heterocycles. The van der Waals surface area contributed by atoms with E-state index >= 15 is 0 Å². The summed E-state index contributed by atoms with van der Waals surface area (Å²) in [6, 6.07) is 9.88. The Morgan fingerprint density at radius 2 is 1.93 bits per heavy atom. The van der Waals surface area contributed by atoms with Crippen LogP contribution in [0, 0.1) is 0 Å². The SMILES string of the molecule is CC(CC(O)CO)OCc1ccccc1. The molecule has 0 aromatic heterocycles. The van der Waals surface area contributed by atoms with Gasteiger partial charge < -0.3 is 14.9 Å². The van der Waals surface area contributed by atoms with E-state index in [-0.39, 0.29) is 12.7 Å². The summed E-state index contributed by atoms with van der Waals surface area (Å²) >= 11 is 0. The van der Waals surface area contributed by atoms with Crippen LogP contribution in [0.25, 0.3) is 0 Å². The highest BCUT2D eigenvalue weighted by atomic mass is 16.5. The Hall–Kier alpha value is -0.900. The van der Waals surface area contributed by atoms with E-state index in [1.807, 2.05) is 37.3 Å². The van der Waals surface area contributed by atoms with E-state index in [9.17, 15) is 5.11 Å². The van der Waals surface area contributed by atoms with Gasteiger partial charge in [-0.1, -0.05) is 30.3 Å². The van der Waals surface area contributed by atoms with E-state index in [4.69, 9.17) is 9.84 Å². The van der Waals surface area contributed by atoms with E-state index in [0.717, 1.165) is 5.56 Å². The molecule has 0 saturated heterocycles. The van der Waals surface area contributed by atoms with Crippen LogP contribution in [0.4, 0.5) is 0 Å². The molecule has 15 heavy (non-hydrogen) atoms. The maximum absolute atomic E-state index is 9.20. The smallest absolute Gasteiger partial charge is 0.0795 e. The number of aliphatic hydroxyl groups excluding tert-OH is 2. The van der Waals surface area contributed by atoms with Gasteiger partial charge in [0, 0.05) is 6.42 Å². The lowest BCUT2D eigenvalue weighted by Crippen LogP contribution is -2.20. The first kappa shape index (κ1) is 12.2. The van der Waals surface area contributed by atoms with Crippen LogP contribution in [-0.2, 0) is 11.3 Å². The third-order valence-electron chi connectivity index (χ3n) is 2.19. The average molecular weight is 210 g/mol. The Morgan fingerprint density at radius 3 is 2.53 bits per heavy atom. The Bertz CT molecular complexity index is 261. The molecule has 3 nitrogen and oxygen atoms in total. The van der Waals surface area contributed by atoms with Gasteiger partial charge in [0.25, 0.3) is 0 Å².